The summed E-state index contributed by atoms with van der Waals surface area (Å²) in [6.07, 6.45) is 0.692. The van der Waals surface area contributed by atoms with Gasteiger partial charge >= 0.3 is 6.09 Å². The molecule has 8 heteroatoms. The van der Waals surface area contributed by atoms with Gasteiger partial charge in [-0.15, -0.1) is 10.2 Å². The Morgan fingerprint density at radius 2 is 2.14 bits per heavy atom. The zero-order chi connectivity index (χ0) is 16.0. The van der Waals surface area contributed by atoms with E-state index in [-0.39, 0.29) is 5.91 Å². The van der Waals surface area contributed by atoms with Crippen molar-refractivity contribution in [2.24, 2.45) is 0 Å². The van der Waals surface area contributed by atoms with Gasteiger partial charge in [0.2, 0.25) is 5.13 Å². The van der Waals surface area contributed by atoms with Crippen LogP contribution < -0.4 is 10.2 Å². The lowest BCUT2D eigenvalue weighted by molar-refractivity contribution is -0.120. The van der Waals surface area contributed by atoms with Crippen LogP contribution in [-0.2, 0) is 9.53 Å². The molecule has 0 radical (unpaired) electrons. The highest BCUT2D eigenvalue weighted by atomic mass is 32.1. The molecule has 118 valence electrons. The minimum absolute atomic E-state index is 0.237. The van der Waals surface area contributed by atoms with Crippen LogP contribution in [0, 0.1) is 0 Å². The molecule has 0 bridgehead atoms. The van der Waals surface area contributed by atoms with Gasteiger partial charge in [0.1, 0.15) is 17.2 Å². The maximum atomic E-state index is 12.4. The van der Waals surface area contributed by atoms with E-state index in [1.54, 1.807) is 33.3 Å². The van der Waals surface area contributed by atoms with E-state index in [9.17, 15) is 9.59 Å². The molecule has 1 unspecified atom stereocenters. The Labute approximate surface area is 128 Å². The van der Waals surface area contributed by atoms with E-state index in [0.717, 1.165) is 6.42 Å². The molecule has 1 aromatic rings. The Bertz CT molecular complexity index is 470. The van der Waals surface area contributed by atoms with Crippen LogP contribution in [0.4, 0.5) is 9.93 Å². The molecule has 0 fully saturated rings. The van der Waals surface area contributed by atoms with Crippen molar-refractivity contribution in [2.75, 3.05) is 11.9 Å². The van der Waals surface area contributed by atoms with Crippen LogP contribution >= 0.6 is 11.3 Å². The molecule has 1 rings (SSSR count). The van der Waals surface area contributed by atoms with Crippen molar-refractivity contribution in [3.8, 4) is 0 Å². The van der Waals surface area contributed by atoms with Crippen LogP contribution in [0.3, 0.4) is 0 Å². The third-order valence-electron chi connectivity index (χ3n) is 2.53. The van der Waals surface area contributed by atoms with Gasteiger partial charge in [-0.3, -0.25) is 9.69 Å². The number of anilines is 1. The lowest BCUT2D eigenvalue weighted by Gasteiger charge is -2.25. The molecule has 0 saturated carbocycles. The molecule has 0 spiro atoms. The predicted molar refractivity (Wildman–Crippen MR) is 81.4 cm³/mol. The van der Waals surface area contributed by atoms with Crippen molar-refractivity contribution >= 4 is 28.5 Å². The Balaban J connectivity index is 2.72. The largest absolute Gasteiger partial charge is 0.444 e. The number of alkyl carbamates (subject to hydrolysis) is 1. The van der Waals surface area contributed by atoms with Gasteiger partial charge in [0.25, 0.3) is 5.91 Å². The molecule has 0 aliphatic heterocycles. The molecule has 1 atom stereocenters. The Kier molecular flexibility index (Phi) is 6.07. The summed E-state index contributed by atoms with van der Waals surface area (Å²) in [6, 6.07) is -0.640. The lowest BCUT2D eigenvalue weighted by Crippen LogP contribution is -2.48. The second-order valence-corrected chi connectivity index (χ2v) is 6.42. The average Bonchev–Trinajstić information content (AvgIpc) is 2.88. The first-order valence-corrected chi connectivity index (χ1v) is 7.65. The summed E-state index contributed by atoms with van der Waals surface area (Å²) in [5.41, 5.74) is 0.949. The molecule has 0 aromatic carbocycles. The number of likely N-dealkylation sites (N-methyl/N-ethyl adjacent to an activating group) is 1. The number of aromatic nitrogens is 2. The number of hydrogen-bond donors (Lipinski definition) is 1. The number of ether oxygens (including phenoxy) is 1. The summed E-state index contributed by atoms with van der Waals surface area (Å²) in [5, 5.41) is 10.7. The number of nitrogens with one attached hydrogen (secondary N) is 1. The minimum Gasteiger partial charge on any atom is -0.444 e. The molecule has 0 saturated heterocycles. The molecule has 1 N–H and O–H groups in total. The van der Waals surface area contributed by atoms with E-state index >= 15 is 0 Å². The molecule has 0 aliphatic rings. The number of nitrogens with zero attached hydrogens (tertiary/aromatic N) is 3. The van der Waals surface area contributed by atoms with E-state index in [4.69, 9.17) is 4.74 Å². The molecular formula is C13H22N4O3S. The van der Waals surface area contributed by atoms with Gasteiger partial charge in [0, 0.05) is 7.05 Å². The number of hydrogen-bond acceptors (Lipinski definition) is 6. The Morgan fingerprint density at radius 1 is 1.48 bits per heavy atom. The van der Waals surface area contributed by atoms with E-state index in [2.05, 4.69) is 15.5 Å². The summed E-state index contributed by atoms with van der Waals surface area (Å²) < 4.78 is 5.19. The van der Waals surface area contributed by atoms with E-state index < -0.39 is 17.7 Å². The van der Waals surface area contributed by atoms with Crippen LogP contribution in [-0.4, -0.2) is 40.9 Å². The Hall–Kier alpha value is -1.70. The number of amides is 2. The summed E-state index contributed by atoms with van der Waals surface area (Å²) in [5.74, 6) is -0.237. The van der Waals surface area contributed by atoms with Gasteiger partial charge < -0.3 is 10.1 Å². The average molecular weight is 314 g/mol. The molecule has 7 nitrogen and oxygen atoms in total. The van der Waals surface area contributed by atoms with Crippen molar-refractivity contribution in [3.05, 3.63) is 5.51 Å². The second-order valence-electron chi connectivity index (χ2n) is 5.61. The zero-order valence-corrected chi connectivity index (χ0v) is 13.9. The van der Waals surface area contributed by atoms with Gasteiger partial charge in [-0.1, -0.05) is 24.7 Å². The van der Waals surface area contributed by atoms with Crippen LogP contribution in [0.1, 0.15) is 40.5 Å². The van der Waals surface area contributed by atoms with Gasteiger partial charge in [0.15, 0.2) is 0 Å². The molecule has 0 aliphatic carbocycles. The highest BCUT2D eigenvalue weighted by molar-refractivity contribution is 7.13. The SMILES string of the molecule is CCCC(NC(=O)OC(C)(C)C)C(=O)N(C)c1nncs1. The summed E-state index contributed by atoms with van der Waals surface area (Å²) in [4.78, 5) is 25.7. The van der Waals surface area contributed by atoms with Crippen molar-refractivity contribution in [1.82, 2.24) is 15.5 Å². The van der Waals surface area contributed by atoms with Crippen LogP contribution in [0.15, 0.2) is 5.51 Å². The molecule has 1 aromatic heterocycles. The van der Waals surface area contributed by atoms with Crippen molar-refractivity contribution < 1.29 is 14.3 Å². The van der Waals surface area contributed by atoms with Crippen LogP contribution in [0.5, 0.6) is 0 Å². The number of carbonyl (C=O) groups excluding carboxylic acids is 2. The van der Waals surface area contributed by atoms with E-state index in [0.29, 0.717) is 11.6 Å². The third-order valence-corrected chi connectivity index (χ3v) is 3.30. The molecular weight excluding hydrogens is 292 g/mol. The first-order valence-electron chi connectivity index (χ1n) is 6.78. The first-order chi connectivity index (χ1) is 9.74. The van der Waals surface area contributed by atoms with Gasteiger partial charge in [0.05, 0.1) is 0 Å². The smallest absolute Gasteiger partial charge is 0.408 e. The summed E-state index contributed by atoms with van der Waals surface area (Å²) in [6.45, 7) is 7.27. The molecule has 1 heterocycles. The highest BCUT2D eigenvalue weighted by Gasteiger charge is 2.27. The predicted octanol–water partition coefficient (Wildman–Crippen LogP) is 2.19. The second kappa shape index (κ2) is 7.35. The van der Waals surface area contributed by atoms with Crippen LogP contribution in [0.25, 0.3) is 0 Å². The summed E-state index contributed by atoms with van der Waals surface area (Å²) >= 11 is 1.26. The van der Waals surface area contributed by atoms with Crippen LogP contribution in [0.2, 0.25) is 0 Å². The third kappa shape index (κ3) is 5.66. The molecule has 21 heavy (non-hydrogen) atoms. The van der Waals surface area contributed by atoms with Gasteiger partial charge in [-0.2, -0.15) is 0 Å². The van der Waals surface area contributed by atoms with E-state index in [1.807, 2.05) is 6.92 Å². The fraction of sp³-hybridized carbons (Fsp3) is 0.692. The maximum absolute atomic E-state index is 12.4. The van der Waals surface area contributed by atoms with Gasteiger partial charge in [-0.25, -0.2) is 4.79 Å². The van der Waals surface area contributed by atoms with Crippen molar-refractivity contribution in [1.29, 1.82) is 0 Å². The topological polar surface area (TPSA) is 84.4 Å². The quantitative estimate of drug-likeness (QED) is 0.900. The minimum atomic E-state index is -0.640. The first kappa shape index (κ1) is 17.4. The standard InChI is InChI=1S/C13H22N4O3S/c1-6-7-9(15-12(19)20-13(2,3)4)10(18)17(5)11-16-14-8-21-11/h8-9H,6-7H2,1-5H3,(H,15,19). The Morgan fingerprint density at radius 3 is 2.62 bits per heavy atom. The fourth-order valence-corrected chi connectivity index (χ4v) is 2.17. The fourth-order valence-electron chi connectivity index (χ4n) is 1.64. The van der Waals surface area contributed by atoms with Crippen molar-refractivity contribution in [3.63, 3.8) is 0 Å². The normalized spacial score (nSPS) is 12.6. The zero-order valence-electron chi connectivity index (χ0n) is 13.0. The molecule has 2 amide bonds. The van der Waals surface area contributed by atoms with Gasteiger partial charge in [-0.05, 0) is 27.2 Å². The highest BCUT2D eigenvalue weighted by Crippen LogP contribution is 2.16. The monoisotopic (exact) mass is 314 g/mol. The number of carbonyl (C=O) groups is 2. The van der Waals surface area contributed by atoms with Crippen molar-refractivity contribution in [2.45, 2.75) is 52.2 Å². The maximum Gasteiger partial charge on any atom is 0.408 e. The summed E-state index contributed by atoms with van der Waals surface area (Å²) in [7, 11) is 1.61. The number of rotatable bonds is 5. The van der Waals surface area contributed by atoms with E-state index in [1.165, 1.54) is 16.2 Å². The lowest BCUT2D eigenvalue weighted by atomic mass is 10.1.